The molecule has 170 valence electrons. The minimum atomic E-state index is -0.155. The molecule has 3 aromatic carbocycles. The van der Waals surface area contributed by atoms with Crippen LogP contribution in [-0.2, 0) is 17.8 Å². The molecular formula is C27H28N2O4. The SMILES string of the molecule is Cc1ccc(CN(C(=O)c2ccc3c(c2)OCO3)c2cccc(CC(=O)NC(C)C)c2)cc1. The highest BCUT2D eigenvalue weighted by atomic mass is 16.7. The Morgan fingerprint density at radius 2 is 1.70 bits per heavy atom. The molecule has 1 aliphatic heterocycles. The van der Waals surface area contributed by atoms with Gasteiger partial charge in [-0.2, -0.15) is 0 Å². The highest BCUT2D eigenvalue weighted by molar-refractivity contribution is 6.06. The van der Waals surface area contributed by atoms with Crippen LogP contribution in [0.1, 0.15) is 40.9 Å². The largest absolute Gasteiger partial charge is 0.454 e. The van der Waals surface area contributed by atoms with Gasteiger partial charge in [0.25, 0.3) is 5.91 Å². The average Bonchev–Trinajstić information content (AvgIpc) is 3.26. The number of nitrogens with one attached hydrogen (secondary N) is 1. The van der Waals surface area contributed by atoms with Crippen molar-refractivity contribution >= 4 is 17.5 Å². The number of aryl methyl sites for hydroxylation is 1. The maximum atomic E-state index is 13.6. The van der Waals surface area contributed by atoms with Crippen molar-refractivity contribution in [1.29, 1.82) is 0 Å². The molecule has 4 rings (SSSR count). The van der Waals surface area contributed by atoms with Gasteiger partial charge in [-0.1, -0.05) is 42.0 Å². The summed E-state index contributed by atoms with van der Waals surface area (Å²) < 4.78 is 10.8. The summed E-state index contributed by atoms with van der Waals surface area (Å²) in [4.78, 5) is 27.6. The fourth-order valence-electron chi connectivity index (χ4n) is 3.73. The summed E-state index contributed by atoms with van der Waals surface area (Å²) in [5.74, 6) is 0.997. The van der Waals surface area contributed by atoms with E-state index in [9.17, 15) is 9.59 Å². The predicted molar refractivity (Wildman–Crippen MR) is 128 cm³/mol. The molecule has 6 heteroatoms. The van der Waals surface area contributed by atoms with Gasteiger partial charge in [-0.25, -0.2) is 0 Å². The molecule has 1 heterocycles. The number of anilines is 1. The first-order valence-corrected chi connectivity index (χ1v) is 11.0. The van der Waals surface area contributed by atoms with E-state index in [-0.39, 0.29) is 31.1 Å². The van der Waals surface area contributed by atoms with Crippen LogP contribution in [0.2, 0.25) is 0 Å². The number of carbonyl (C=O) groups excluding carboxylic acids is 2. The molecule has 0 atom stereocenters. The summed E-state index contributed by atoms with van der Waals surface area (Å²) in [6, 6.07) is 21.0. The van der Waals surface area contributed by atoms with Crippen LogP contribution in [0, 0.1) is 6.92 Å². The third kappa shape index (κ3) is 5.52. The molecule has 6 nitrogen and oxygen atoms in total. The number of benzene rings is 3. The molecule has 3 aromatic rings. The molecule has 33 heavy (non-hydrogen) atoms. The number of ether oxygens (including phenoxy) is 2. The van der Waals surface area contributed by atoms with Gasteiger partial charge in [0.1, 0.15) is 0 Å². The second kappa shape index (κ2) is 9.77. The van der Waals surface area contributed by atoms with Crippen molar-refractivity contribution in [1.82, 2.24) is 5.32 Å². The number of fused-ring (bicyclic) bond motifs is 1. The Morgan fingerprint density at radius 3 is 2.45 bits per heavy atom. The van der Waals surface area contributed by atoms with E-state index in [4.69, 9.17) is 9.47 Å². The Bertz CT molecular complexity index is 1160. The van der Waals surface area contributed by atoms with Crippen molar-refractivity contribution < 1.29 is 19.1 Å². The fourth-order valence-corrected chi connectivity index (χ4v) is 3.73. The second-order valence-electron chi connectivity index (χ2n) is 8.51. The van der Waals surface area contributed by atoms with Gasteiger partial charge in [-0.05, 0) is 62.2 Å². The number of rotatable bonds is 7. The number of hydrogen-bond donors (Lipinski definition) is 1. The van der Waals surface area contributed by atoms with Gasteiger partial charge in [0.05, 0.1) is 13.0 Å². The Labute approximate surface area is 194 Å². The molecule has 0 saturated carbocycles. The van der Waals surface area contributed by atoms with Gasteiger partial charge >= 0.3 is 0 Å². The van der Waals surface area contributed by atoms with Crippen molar-refractivity contribution in [2.45, 2.75) is 39.8 Å². The lowest BCUT2D eigenvalue weighted by Crippen LogP contribution is -2.32. The monoisotopic (exact) mass is 444 g/mol. The van der Waals surface area contributed by atoms with Crippen molar-refractivity contribution in [3.63, 3.8) is 0 Å². The summed E-state index contributed by atoms with van der Waals surface area (Å²) in [7, 11) is 0. The van der Waals surface area contributed by atoms with Crippen molar-refractivity contribution in [2.75, 3.05) is 11.7 Å². The summed E-state index contributed by atoms with van der Waals surface area (Å²) in [6.07, 6.45) is 0.253. The maximum absolute atomic E-state index is 13.6. The van der Waals surface area contributed by atoms with Crippen molar-refractivity contribution in [3.05, 3.63) is 89.0 Å². The maximum Gasteiger partial charge on any atom is 0.258 e. The number of carbonyl (C=O) groups is 2. The lowest BCUT2D eigenvalue weighted by molar-refractivity contribution is -0.120. The van der Waals surface area contributed by atoms with E-state index in [1.807, 2.05) is 69.3 Å². The third-order valence-corrected chi connectivity index (χ3v) is 5.36. The minimum absolute atomic E-state index is 0.0469. The van der Waals surface area contributed by atoms with E-state index in [0.29, 0.717) is 23.6 Å². The van der Waals surface area contributed by atoms with Gasteiger partial charge in [0, 0.05) is 17.3 Å². The van der Waals surface area contributed by atoms with Crippen LogP contribution in [0.5, 0.6) is 11.5 Å². The zero-order valence-electron chi connectivity index (χ0n) is 19.1. The normalized spacial score (nSPS) is 12.0. The van der Waals surface area contributed by atoms with E-state index in [1.54, 1.807) is 23.1 Å². The average molecular weight is 445 g/mol. The number of nitrogens with zero attached hydrogens (tertiary/aromatic N) is 1. The van der Waals surface area contributed by atoms with E-state index >= 15 is 0 Å². The van der Waals surface area contributed by atoms with Gasteiger partial charge in [-0.3, -0.25) is 9.59 Å². The molecule has 0 fully saturated rings. The van der Waals surface area contributed by atoms with Gasteiger partial charge in [0.2, 0.25) is 12.7 Å². The van der Waals surface area contributed by atoms with Crippen molar-refractivity contribution in [2.24, 2.45) is 0 Å². The Balaban J connectivity index is 1.65. The molecule has 0 aliphatic carbocycles. The second-order valence-corrected chi connectivity index (χ2v) is 8.51. The minimum Gasteiger partial charge on any atom is -0.454 e. The van der Waals surface area contributed by atoms with Crippen LogP contribution in [0.25, 0.3) is 0 Å². The highest BCUT2D eigenvalue weighted by Gasteiger charge is 2.22. The third-order valence-electron chi connectivity index (χ3n) is 5.36. The Kier molecular flexibility index (Phi) is 6.63. The van der Waals surface area contributed by atoms with E-state index in [1.165, 1.54) is 0 Å². The van der Waals surface area contributed by atoms with Gasteiger partial charge < -0.3 is 19.7 Å². The lowest BCUT2D eigenvalue weighted by Gasteiger charge is -2.24. The predicted octanol–water partition coefficient (Wildman–Crippen LogP) is 4.64. The molecule has 2 amide bonds. The van der Waals surface area contributed by atoms with Gasteiger partial charge in [-0.15, -0.1) is 0 Å². The first-order chi connectivity index (χ1) is 15.9. The molecule has 0 radical (unpaired) electrons. The van der Waals surface area contributed by atoms with E-state index < -0.39 is 0 Å². The van der Waals surface area contributed by atoms with E-state index in [0.717, 1.165) is 22.4 Å². The standard InChI is InChI=1S/C27H28N2O4/c1-18(2)28-26(30)14-21-5-4-6-23(13-21)29(16-20-9-7-19(3)8-10-20)27(31)22-11-12-24-25(15-22)33-17-32-24/h4-13,15,18H,14,16-17H2,1-3H3,(H,28,30). The van der Waals surface area contributed by atoms with Crippen LogP contribution in [0.4, 0.5) is 5.69 Å². The number of amides is 2. The lowest BCUT2D eigenvalue weighted by atomic mass is 10.1. The smallest absolute Gasteiger partial charge is 0.258 e. The first-order valence-electron chi connectivity index (χ1n) is 11.0. The Hall–Kier alpha value is -3.80. The summed E-state index contributed by atoms with van der Waals surface area (Å²) in [6.45, 7) is 6.45. The Morgan fingerprint density at radius 1 is 0.939 bits per heavy atom. The molecule has 0 saturated heterocycles. The van der Waals surface area contributed by atoms with Crippen LogP contribution < -0.4 is 19.7 Å². The summed E-state index contributed by atoms with van der Waals surface area (Å²) in [5.41, 5.74) is 4.25. The summed E-state index contributed by atoms with van der Waals surface area (Å²) in [5, 5.41) is 2.91. The highest BCUT2D eigenvalue weighted by Crippen LogP contribution is 2.33. The molecular weight excluding hydrogens is 416 g/mol. The quantitative estimate of drug-likeness (QED) is 0.577. The van der Waals surface area contributed by atoms with Gasteiger partial charge in [0.15, 0.2) is 11.5 Å². The van der Waals surface area contributed by atoms with E-state index in [2.05, 4.69) is 5.32 Å². The van der Waals surface area contributed by atoms with Crippen molar-refractivity contribution in [3.8, 4) is 11.5 Å². The molecule has 1 aliphatic rings. The van der Waals surface area contributed by atoms with Crippen LogP contribution in [-0.4, -0.2) is 24.6 Å². The topological polar surface area (TPSA) is 67.9 Å². The molecule has 0 aromatic heterocycles. The summed E-state index contributed by atoms with van der Waals surface area (Å²) >= 11 is 0. The molecule has 1 N–H and O–H groups in total. The molecule has 0 bridgehead atoms. The first kappa shape index (κ1) is 22.4. The molecule has 0 spiro atoms. The fraction of sp³-hybridized carbons (Fsp3) is 0.259. The number of hydrogen-bond acceptors (Lipinski definition) is 4. The van der Waals surface area contributed by atoms with Crippen LogP contribution in [0.15, 0.2) is 66.7 Å². The van der Waals surface area contributed by atoms with Crippen LogP contribution in [0.3, 0.4) is 0 Å². The zero-order chi connectivity index (χ0) is 23.4. The molecule has 0 unspecified atom stereocenters. The zero-order valence-corrected chi connectivity index (χ0v) is 19.1. The van der Waals surface area contributed by atoms with Crippen LogP contribution >= 0.6 is 0 Å².